The van der Waals surface area contributed by atoms with Crippen molar-refractivity contribution in [3.8, 4) is 0 Å². The summed E-state index contributed by atoms with van der Waals surface area (Å²) >= 11 is 0. The van der Waals surface area contributed by atoms with Gasteiger partial charge in [-0.2, -0.15) is 0 Å². The molecule has 19 heavy (non-hydrogen) atoms. The van der Waals surface area contributed by atoms with Gasteiger partial charge in [0.15, 0.2) is 0 Å². The van der Waals surface area contributed by atoms with Crippen LogP contribution in [0.3, 0.4) is 0 Å². The number of nitrogens with two attached hydrogens (primary N) is 1. The molecule has 0 saturated carbocycles. The van der Waals surface area contributed by atoms with Crippen LogP contribution in [0.15, 0.2) is 30.3 Å². The van der Waals surface area contributed by atoms with Crippen LogP contribution in [-0.4, -0.2) is 37.1 Å². The van der Waals surface area contributed by atoms with E-state index in [-0.39, 0.29) is 5.91 Å². The van der Waals surface area contributed by atoms with Gasteiger partial charge in [0.1, 0.15) is 0 Å². The first kappa shape index (κ1) is 12.0. The second kappa shape index (κ2) is 4.90. The van der Waals surface area contributed by atoms with E-state index in [2.05, 4.69) is 6.07 Å². The molecule has 1 aliphatic rings. The molecule has 0 spiro atoms. The third-order valence-electron chi connectivity index (χ3n) is 3.32. The second-order valence-electron chi connectivity index (χ2n) is 4.62. The van der Waals surface area contributed by atoms with Crippen molar-refractivity contribution in [2.75, 3.05) is 32.0 Å². The van der Waals surface area contributed by atoms with Gasteiger partial charge in [-0.3, -0.25) is 4.79 Å². The monoisotopic (exact) mass is 255 g/mol. The Kier molecular flexibility index (Phi) is 3.09. The van der Waals surface area contributed by atoms with Gasteiger partial charge in [-0.15, -0.1) is 0 Å². The van der Waals surface area contributed by atoms with Crippen molar-refractivity contribution < 1.29 is 9.53 Å². The number of carbonyl (C=O) groups excluding carboxylic acids is 1. The maximum atomic E-state index is 12.3. The molecule has 2 aromatic carbocycles. The van der Waals surface area contributed by atoms with E-state index in [0.717, 1.165) is 10.8 Å². The van der Waals surface area contributed by atoms with Crippen LogP contribution in [0.4, 0.5) is 5.69 Å². The summed E-state index contributed by atoms with van der Waals surface area (Å²) in [5.41, 5.74) is 7.01. The van der Waals surface area contributed by atoms with E-state index in [0.29, 0.717) is 37.6 Å². The van der Waals surface area contributed by atoms with Gasteiger partial charge < -0.3 is 15.4 Å². The van der Waals surface area contributed by atoms with Crippen LogP contribution in [0.1, 0.15) is 10.4 Å². The largest absolute Gasteiger partial charge is 0.398 e. The van der Waals surface area contributed by atoms with Crippen molar-refractivity contribution in [3.05, 3.63) is 42.0 Å². The van der Waals surface area contributed by atoms with E-state index in [4.69, 9.17) is 10.5 Å². The Labute approximate surface area is 111 Å². The van der Waals surface area contributed by atoms with Crippen LogP contribution < -0.4 is 5.73 Å². The van der Waals surface area contributed by atoms with Crippen LogP contribution in [0.25, 0.3) is 10.8 Å². The van der Waals surface area contributed by atoms with E-state index in [1.165, 1.54) is 0 Å². The molecule has 1 aliphatic heterocycles. The fourth-order valence-electron chi connectivity index (χ4n) is 2.27. The first-order valence-electron chi connectivity index (χ1n) is 6.32. The molecule has 1 fully saturated rings. The Morgan fingerprint density at radius 1 is 1.21 bits per heavy atom. The lowest BCUT2D eigenvalue weighted by Crippen LogP contribution is -2.40. The molecule has 97 valence electrons. The molecule has 0 aliphatic carbocycles. The zero-order valence-corrected chi connectivity index (χ0v) is 10.6. The first-order valence-corrected chi connectivity index (χ1v) is 6.32. The van der Waals surface area contributed by atoms with Crippen molar-refractivity contribution >= 4 is 22.4 Å². The molecule has 4 heteroatoms. The molecule has 1 saturated heterocycles. The Morgan fingerprint density at radius 3 is 2.79 bits per heavy atom. The van der Waals surface area contributed by atoms with E-state index in [1.807, 2.05) is 29.2 Å². The number of benzene rings is 2. The smallest absolute Gasteiger partial charge is 0.254 e. The molecular weight excluding hydrogens is 240 g/mol. The molecule has 4 nitrogen and oxygen atoms in total. The Bertz CT molecular complexity index is 619. The Hall–Kier alpha value is -2.07. The number of ether oxygens (including phenoxy) is 1. The van der Waals surface area contributed by atoms with E-state index in [9.17, 15) is 4.79 Å². The van der Waals surface area contributed by atoms with Gasteiger partial charge >= 0.3 is 0 Å². The predicted molar refractivity (Wildman–Crippen MR) is 73.9 cm³/mol. The number of fused-ring (bicyclic) bond motifs is 1. The van der Waals surface area contributed by atoms with Crippen LogP contribution in [-0.2, 0) is 4.74 Å². The number of hydrogen-bond acceptors (Lipinski definition) is 3. The molecule has 1 heterocycles. The predicted octanol–water partition coefficient (Wildman–Crippen LogP) is 1.69. The van der Waals surface area contributed by atoms with Crippen LogP contribution in [0.2, 0.25) is 0 Å². The molecule has 1 amide bonds. The third kappa shape index (κ3) is 2.39. The minimum atomic E-state index is 0.0574. The summed E-state index contributed by atoms with van der Waals surface area (Å²) in [5.74, 6) is 0.0574. The Balaban J connectivity index is 1.92. The van der Waals surface area contributed by atoms with E-state index < -0.39 is 0 Å². The molecule has 0 bridgehead atoms. The summed E-state index contributed by atoms with van der Waals surface area (Å²) in [5, 5.41) is 1.91. The summed E-state index contributed by atoms with van der Waals surface area (Å²) in [6, 6.07) is 12.4. The molecule has 0 unspecified atom stereocenters. The SMILES string of the molecule is Nc1[c]c2ccc(C(=O)N3CCOCC3)cc2cc1. The molecule has 0 atom stereocenters. The number of hydrogen-bond donors (Lipinski definition) is 1. The zero-order valence-electron chi connectivity index (χ0n) is 10.6. The quantitative estimate of drug-likeness (QED) is 0.789. The van der Waals surface area contributed by atoms with E-state index in [1.54, 1.807) is 6.07 Å². The topological polar surface area (TPSA) is 55.6 Å². The van der Waals surface area contributed by atoms with Crippen LogP contribution in [0.5, 0.6) is 0 Å². The van der Waals surface area contributed by atoms with Gasteiger partial charge in [-0.05, 0) is 29.0 Å². The number of morpholine rings is 1. The highest BCUT2D eigenvalue weighted by Gasteiger charge is 2.18. The lowest BCUT2D eigenvalue weighted by molar-refractivity contribution is 0.0303. The van der Waals surface area contributed by atoms with Crippen molar-refractivity contribution in [1.29, 1.82) is 0 Å². The normalized spacial score (nSPS) is 15.7. The maximum Gasteiger partial charge on any atom is 0.254 e. The van der Waals surface area contributed by atoms with Crippen molar-refractivity contribution in [2.45, 2.75) is 0 Å². The van der Waals surface area contributed by atoms with Crippen molar-refractivity contribution in [3.63, 3.8) is 0 Å². The standard InChI is InChI=1S/C15H15N2O2/c16-14-4-3-11-9-13(2-1-12(11)10-14)15(18)17-5-7-19-8-6-17/h1-4,9H,5-8,16H2. The first-order chi connectivity index (χ1) is 9.24. The number of nitrogens with zero attached hydrogens (tertiary/aromatic N) is 1. The number of amides is 1. The van der Waals surface area contributed by atoms with Crippen LogP contribution in [0, 0.1) is 6.07 Å². The second-order valence-corrected chi connectivity index (χ2v) is 4.62. The summed E-state index contributed by atoms with van der Waals surface area (Å²) in [7, 11) is 0. The van der Waals surface area contributed by atoms with Gasteiger partial charge in [0.05, 0.1) is 13.2 Å². The van der Waals surface area contributed by atoms with Crippen molar-refractivity contribution in [2.24, 2.45) is 0 Å². The fourth-order valence-corrected chi connectivity index (χ4v) is 2.27. The van der Waals surface area contributed by atoms with Crippen molar-refractivity contribution in [1.82, 2.24) is 4.90 Å². The molecule has 3 rings (SSSR count). The highest BCUT2D eigenvalue weighted by Crippen LogP contribution is 2.19. The van der Waals surface area contributed by atoms with E-state index >= 15 is 0 Å². The fraction of sp³-hybridized carbons (Fsp3) is 0.267. The lowest BCUT2D eigenvalue weighted by Gasteiger charge is -2.26. The summed E-state index contributed by atoms with van der Waals surface area (Å²) in [4.78, 5) is 14.2. The number of rotatable bonds is 1. The molecular formula is C15H15N2O2. The zero-order chi connectivity index (χ0) is 13.2. The summed E-state index contributed by atoms with van der Waals surface area (Å²) in [6.45, 7) is 2.54. The highest BCUT2D eigenvalue weighted by molar-refractivity contribution is 5.99. The average Bonchev–Trinajstić information content (AvgIpc) is 2.47. The highest BCUT2D eigenvalue weighted by atomic mass is 16.5. The van der Waals surface area contributed by atoms with Gasteiger partial charge in [0.25, 0.3) is 5.91 Å². The number of nitrogen functional groups attached to an aromatic ring is 1. The minimum Gasteiger partial charge on any atom is -0.398 e. The van der Waals surface area contributed by atoms with Gasteiger partial charge in [-0.25, -0.2) is 0 Å². The molecule has 2 N–H and O–H groups in total. The molecule has 0 aromatic heterocycles. The third-order valence-corrected chi connectivity index (χ3v) is 3.32. The maximum absolute atomic E-state index is 12.3. The molecule has 1 radical (unpaired) electrons. The lowest BCUT2D eigenvalue weighted by atomic mass is 10.1. The van der Waals surface area contributed by atoms with Gasteiger partial charge in [0.2, 0.25) is 0 Å². The van der Waals surface area contributed by atoms with Crippen LogP contribution >= 0.6 is 0 Å². The van der Waals surface area contributed by atoms with Gasteiger partial charge in [-0.1, -0.05) is 12.1 Å². The number of carbonyl (C=O) groups is 1. The summed E-state index contributed by atoms with van der Waals surface area (Å²) in [6.07, 6.45) is 0. The number of anilines is 1. The Morgan fingerprint density at radius 2 is 2.00 bits per heavy atom. The molecule has 2 aromatic rings. The minimum absolute atomic E-state index is 0.0574. The average molecular weight is 255 g/mol. The van der Waals surface area contributed by atoms with Gasteiger partial charge in [0, 0.05) is 30.4 Å². The summed E-state index contributed by atoms with van der Waals surface area (Å²) < 4.78 is 5.26.